The summed E-state index contributed by atoms with van der Waals surface area (Å²) in [5, 5.41) is 0.498. The Labute approximate surface area is 149 Å². The van der Waals surface area contributed by atoms with Crippen LogP contribution >= 0.6 is 23.2 Å². The maximum Gasteiger partial charge on any atom is 0.265 e. The second-order valence-corrected chi connectivity index (χ2v) is 7.11. The fourth-order valence-electron chi connectivity index (χ4n) is 1.90. The summed E-state index contributed by atoms with van der Waals surface area (Å²) in [5.74, 6) is -0.400. The molecule has 2 aromatic rings. The maximum atomic E-state index is 12.2. The number of benzene rings is 2. The predicted molar refractivity (Wildman–Crippen MR) is 90.7 cm³/mol. The highest BCUT2D eigenvalue weighted by molar-refractivity contribution is 7.90. The van der Waals surface area contributed by atoms with Crippen molar-refractivity contribution in [3.05, 3.63) is 52.0 Å². The van der Waals surface area contributed by atoms with Crippen molar-refractivity contribution < 1.29 is 22.7 Å². The van der Waals surface area contributed by atoms with Crippen LogP contribution in [0.1, 0.15) is 10.4 Å². The molecular formula is C15H13Cl2NO5S. The highest BCUT2D eigenvalue weighted by Crippen LogP contribution is 2.36. The minimum atomic E-state index is -4.05. The highest BCUT2D eigenvalue weighted by Gasteiger charge is 2.21. The predicted octanol–water partition coefficient (Wildman–Crippen LogP) is 3.13. The van der Waals surface area contributed by atoms with Crippen molar-refractivity contribution in [2.75, 3.05) is 14.2 Å². The lowest BCUT2D eigenvalue weighted by molar-refractivity contribution is 0.0981. The topological polar surface area (TPSA) is 81.7 Å². The molecule has 1 N–H and O–H groups in total. The van der Waals surface area contributed by atoms with E-state index in [2.05, 4.69) is 0 Å². The largest absolute Gasteiger partial charge is 0.493 e. The first-order valence-corrected chi connectivity index (χ1v) is 8.76. The van der Waals surface area contributed by atoms with Crippen LogP contribution < -0.4 is 14.2 Å². The van der Waals surface area contributed by atoms with Gasteiger partial charge in [0, 0.05) is 10.6 Å². The van der Waals surface area contributed by atoms with Gasteiger partial charge in [0.2, 0.25) is 0 Å². The average molecular weight is 390 g/mol. The number of ether oxygens (including phenoxy) is 2. The molecule has 0 fully saturated rings. The minimum Gasteiger partial charge on any atom is -0.493 e. The van der Waals surface area contributed by atoms with Gasteiger partial charge in [0.25, 0.3) is 15.9 Å². The molecule has 0 aliphatic rings. The Morgan fingerprint density at radius 1 is 1.04 bits per heavy atom. The second kappa shape index (κ2) is 7.29. The summed E-state index contributed by atoms with van der Waals surface area (Å²) in [5.41, 5.74) is 0.00943. The Morgan fingerprint density at radius 2 is 1.67 bits per heavy atom. The van der Waals surface area contributed by atoms with Crippen LogP contribution in [0.15, 0.2) is 41.3 Å². The van der Waals surface area contributed by atoms with Crippen LogP contribution in [0, 0.1) is 0 Å². The van der Waals surface area contributed by atoms with Gasteiger partial charge in [0.05, 0.1) is 24.1 Å². The maximum absolute atomic E-state index is 12.2. The highest BCUT2D eigenvalue weighted by atomic mass is 35.5. The molecular weight excluding hydrogens is 377 g/mol. The molecule has 128 valence electrons. The molecule has 6 nitrogen and oxygen atoms in total. The van der Waals surface area contributed by atoms with Gasteiger partial charge in [0.1, 0.15) is 0 Å². The molecule has 0 unspecified atom stereocenters. The molecule has 0 aromatic heterocycles. The fourth-order valence-corrected chi connectivity index (χ4v) is 3.29. The fraction of sp³-hybridized carbons (Fsp3) is 0.133. The molecule has 0 saturated carbocycles. The summed E-state index contributed by atoms with van der Waals surface area (Å²) in [4.78, 5) is 12.2. The van der Waals surface area contributed by atoms with Gasteiger partial charge in [0.15, 0.2) is 11.5 Å². The minimum absolute atomic E-state index is 0.00943. The molecule has 2 rings (SSSR count). The number of amides is 1. The number of sulfonamides is 1. The first kappa shape index (κ1) is 18.4. The molecule has 0 radical (unpaired) electrons. The van der Waals surface area contributed by atoms with Crippen LogP contribution in [0.3, 0.4) is 0 Å². The quantitative estimate of drug-likeness (QED) is 0.849. The van der Waals surface area contributed by atoms with Gasteiger partial charge in [-0.15, -0.1) is 0 Å². The average Bonchev–Trinajstić information content (AvgIpc) is 2.53. The van der Waals surface area contributed by atoms with E-state index in [9.17, 15) is 13.2 Å². The van der Waals surface area contributed by atoms with E-state index in [1.54, 1.807) is 0 Å². The number of carbonyl (C=O) groups excluding carboxylic acids is 1. The summed E-state index contributed by atoms with van der Waals surface area (Å²) in [6.07, 6.45) is 0. The first-order chi connectivity index (χ1) is 11.3. The molecule has 0 atom stereocenters. The lowest BCUT2D eigenvalue weighted by Gasteiger charge is -2.12. The van der Waals surface area contributed by atoms with E-state index in [0.717, 1.165) is 0 Å². The lowest BCUT2D eigenvalue weighted by atomic mass is 10.2. The van der Waals surface area contributed by atoms with Gasteiger partial charge in [-0.25, -0.2) is 13.1 Å². The van der Waals surface area contributed by atoms with Crippen LogP contribution in [0.5, 0.6) is 11.5 Å². The Morgan fingerprint density at radius 3 is 2.21 bits per heavy atom. The van der Waals surface area contributed by atoms with Crippen molar-refractivity contribution in [2.24, 2.45) is 0 Å². The van der Waals surface area contributed by atoms with E-state index in [4.69, 9.17) is 32.7 Å². The van der Waals surface area contributed by atoms with Gasteiger partial charge in [-0.1, -0.05) is 23.2 Å². The Bertz CT molecular complexity index is 866. The zero-order valence-electron chi connectivity index (χ0n) is 12.7. The van der Waals surface area contributed by atoms with Crippen molar-refractivity contribution in [3.63, 3.8) is 0 Å². The van der Waals surface area contributed by atoms with E-state index < -0.39 is 15.9 Å². The smallest absolute Gasteiger partial charge is 0.265 e. The van der Waals surface area contributed by atoms with E-state index >= 15 is 0 Å². The van der Waals surface area contributed by atoms with Gasteiger partial charge in [-0.2, -0.15) is 0 Å². The molecule has 2 aromatic carbocycles. The molecule has 24 heavy (non-hydrogen) atoms. The lowest BCUT2D eigenvalue weighted by Crippen LogP contribution is -2.30. The number of rotatable bonds is 5. The van der Waals surface area contributed by atoms with E-state index in [-0.39, 0.29) is 27.0 Å². The van der Waals surface area contributed by atoms with E-state index in [1.165, 1.54) is 50.6 Å². The van der Waals surface area contributed by atoms with Crippen molar-refractivity contribution >= 4 is 39.1 Å². The molecule has 1 amide bonds. The summed E-state index contributed by atoms with van der Waals surface area (Å²) in [6, 6.07) is 8.02. The van der Waals surface area contributed by atoms with Gasteiger partial charge < -0.3 is 9.47 Å². The molecule has 0 aliphatic heterocycles. The van der Waals surface area contributed by atoms with E-state index in [0.29, 0.717) is 5.02 Å². The third-order valence-corrected chi connectivity index (χ3v) is 4.93. The molecule has 0 saturated heterocycles. The Hall–Kier alpha value is -1.96. The van der Waals surface area contributed by atoms with Crippen LogP contribution in [0.25, 0.3) is 0 Å². The molecule has 9 heteroatoms. The number of nitrogens with one attached hydrogen (secondary N) is 1. The molecule has 0 aliphatic carbocycles. The second-order valence-electron chi connectivity index (χ2n) is 4.58. The monoisotopic (exact) mass is 389 g/mol. The van der Waals surface area contributed by atoms with Gasteiger partial charge in [-0.3, -0.25) is 4.79 Å². The molecule has 0 heterocycles. The SMILES string of the molecule is COc1cc(C(=O)NS(=O)(=O)c2ccc(Cl)cc2)cc(Cl)c1OC. The van der Waals surface area contributed by atoms with Gasteiger partial charge >= 0.3 is 0 Å². The van der Waals surface area contributed by atoms with Crippen LogP contribution in [0.4, 0.5) is 0 Å². The van der Waals surface area contributed by atoms with E-state index in [1.807, 2.05) is 4.72 Å². The summed E-state index contributed by atoms with van der Waals surface area (Å²) >= 11 is 11.7. The van der Waals surface area contributed by atoms with Crippen LogP contribution in [-0.2, 0) is 10.0 Å². The summed E-state index contributed by atoms with van der Waals surface area (Å²) in [7, 11) is -1.27. The Balaban J connectivity index is 2.32. The molecule has 0 spiro atoms. The number of carbonyl (C=O) groups is 1. The third-order valence-electron chi connectivity index (χ3n) is 3.05. The van der Waals surface area contributed by atoms with Crippen LogP contribution in [-0.4, -0.2) is 28.5 Å². The summed E-state index contributed by atoms with van der Waals surface area (Å²) in [6.45, 7) is 0. The standard InChI is InChI=1S/C15H13Cl2NO5S/c1-22-13-8-9(7-12(17)14(13)23-2)15(19)18-24(20,21)11-5-3-10(16)4-6-11/h3-8H,1-2H3,(H,18,19). The van der Waals surface area contributed by atoms with Crippen molar-refractivity contribution in [2.45, 2.75) is 4.90 Å². The normalized spacial score (nSPS) is 11.0. The zero-order valence-corrected chi connectivity index (χ0v) is 15.0. The number of hydrogen-bond donors (Lipinski definition) is 1. The Kier molecular flexibility index (Phi) is 5.58. The third kappa shape index (κ3) is 3.92. The van der Waals surface area contributed by atoms with Crippen molar-refractivity contribution in [1.82, 2.24) is 4.72 Å². The number of methoxy groups -OCH3 is 2. The van der Waals surface area contributed by atoms with Crippen LogP contribution in [0.2, 0.25) is 10.0 Å². The van der Waals surface area contributed by atoms with Gasteiger partial charge in [-0.05, 0) is 36.4 Å². The van der Waals surface area contributed by atoms with Crippen molar-refractivity contribution in [1.29, 1.82) is 0 Å². The number of hydrogen-bond acceptors (Lipinski definition) is 5. The van der Waals surface area contributed by atoms with Crippen molar-refractivity contribution in [3.8, 4) is 11.5 Å². The molecule has 0 bridgehead atoms. The first-order valence-electron chi connectivity index (χ1n) is 6.52. The zero-order chi connectivity index (χ0) is 17.9. The number of halogens is 2. The summed E-state index contributed by atoms with van der Waals surface area (Å²) < 4.78 is 36.6.